The highest BCUT2D eigenvalue weighted by molar-refractivity contribution is 5.69. The number of carbonyl (C=O) groups excluding carboxylic acids is 1. The molecule has 0 rings (SSSR count). The predicted molar refractivity (Wildman–Crippen MR) is 69.0 cm³/mol. The largest absolute Gasteiger partial charge is 0.462 e. The van der Waals surface area contributed by atoms with Crippen LogP contribution in [0.5, 0.6) is 0 Å². The molecule has 0 aromatic rings. The quantitative estimate of drug-likeness (QED) is 0.337. The third kappa shape index (κ3) is 8.60. The van der Waals surface area contributed by atoms with Gasteiger partial charge in [-0.25, -0.2) is 0 Å². The van der Waals surface area contributed by atoms with Crippen LogP contribution in [0.25, 0.3) is 0 Å². The average Bonchev–Trinajstić information content (AvgIpc) is 2.32. The summed E-state index contributed by atoms with van der Waals surface area (Å²) in [4.78, 5) is 40.7. The predicted octanol–water partition coefficient (Wildman–Crippen LogP) is 1.53. The van der Waals surface area contributed by atoms with Crippen LogP contribution in [-0.4, -0.2) is 34.5 Å². The molecule has 0 bridgehead atoms. The van der Waals surface area contributed by atoms with Gasteiger partial charge in [-0.2, -0.15) is 0 Å². The van der Waals surface area contributed by atoms with E-state index in [-0.39, 0.29) is 24.9 Å². The first-order chi connectivity index (χ1) is 9.63. The summed E-state index contributed by atoms with van der Waals surface area (Å²) >= 11 is 0. The molecular formula is C11H20N2O8. The van der Waals surface area contributed by atoms with Gasteiger partial charge in [0.2, 0.25) is 0 Å². The molecule has 0 aromatic heterocycles. The van der Waals surface area contributed by atoms with Crippen molar-refractivity contribution in [1.29, 1.82) is 0 Å². The fourth-order valence-corrected chi connectivity index (χ4v) is 1.35. The maximum atomic E-state index is 11.6. The lowest BCUT2D eigenvalue weighted by Gasteiger charge is -2.21. The van der Waals surface area contributed by atoms with Crippen molar-refractivity contribution in [3.05, 3.63) is 20.2 Å². The van der Waals surface area contributed by atoms with E-state index in [9.17, 15) is 25.0 Å². The monoisotopic (exact) mass is 308 g/mol. The molecule has 0 heterocycles. The second-order valence-electron chi connectivity index (χ2n) is 4.88. The third-order valence-corrected chi connectivity index (χ3v) is 2.89. The normalized spacial score (nSPS) is 14.9. The highest BCUT2D eigenvalue weighted by Gasteiger charge is 2.26. The molecule has 0 N–H and O–H groups in total. The van der Waals surface area contributed by atoms with Gasteiger partial charge in [0, 0.05) is 6.42 Å². The zero-order valence-corrected chi connectivity index (χ0v) is 12.4. The van der Waals surface area contributed by atoms with Gasteiger partial charge in [-0.1, -0.05) is 13.8 Å². The van der Waals surface area contributed by atoms with Crippen molar-refractivity contribution in [2.75, 3.05) is 0 Å². The Morgan fingerprint density at radius 1 is 1.00 bits per heavy atom. The molecule has 0 spiro atoms. The minimum Gasteiger partial charge on any atom is -0.462 e. The minimum atomic E-state index is -1.23. The maximum Gasteiger partial charge on any atom is 0.306 e. The van der Waals surface area contributed by atoms with E-state index in [1.807, 2.05) is 13.8 Å². The Morgan fingerprint density at radius 3 is 1.95 bits per heavy atom. The van der Waals surface area contributed by atoms with Gasteiger partial charge >= 0.3 is 5.97 Å². The van der Waals surface area contributed by atoms with Crippen LogP contribution in [0, 0.1) is 26.1 Å². The molecule has 0 radical (unpaired) electrons. The van der Waals surface area contributed by atoms with E-state index in [0.717, 1.165) is 0 Å². The Kier molecular flexibility index (Phi) is 8.02. The lowest BCUT2D eigenvalue weighted by Crippen LogP contribution is -2.33. The second kappa shape index (κ2) is 8.93. The summed E-state index contributed by atoms with van der Waals surface area (Å²) in [5.41, 5.74) is 0. The van der Waals surface area contributed by atoms with Crippen molar-refractivity contribution in [2.45, 2.75) is 58.8 Å². The molecule has 10 nitrogen and oxygen atoms in total. The molecule has 0 amide bonds. The van der Waals surface area contributed by atoms with Crippen molar-refractivity contribution in [1.82, 2.24) is 0 Å². The molecule has 0 saturated carbocycles. The van der Waals surface area contributed by atoms with E-state index in [2.05, 4.69) is 9.68 Å². The Morgan fingerprint density at radius 2 is 1.52 bits per heavy atom. The van der Waals surface area contributed by atoms with Crippen molar-refractivity contribution < 1.29 is 29.4 Å². The molecule has 0 fully saturated rings. The Bertz CT molecular complexity index is 373. The van der Waals surface area contributed by atoms with Crippen molar-refractivity contribution in [3.8, 4) is 0 Å². The van der Waals surface area contributed by atoms with Gasteiger partial charge in [-0.15, -0.1) is 20.2 Å². The maximum absolute atomic E-state index is 11.6. The standard InChI is InChI=1S/C11H20N2O8/c1-7(2)8(3)19-11(14)6-5-10(21-13(17)18)9(4)20-12(15)16/h7-10H,5-6H2,1-4H3/t8?,9-,10-/m0/s1. The van der Waals surface area contributed by atoms with Crippen molar-refractivity contribution >= 4 is 5.97 Å². The number of hydrogen-bond donors (Lipinski definition) is 0. The highest BCUT2D eigenvalue weighted by atomic mass is 17.0. The van der Waals surface area contributed by atoms with E-state index in [1.165, 1.54) is 6.92 Å². The van der Waals surface area contributed by atoms with Crippen LogP contribution in [0.2, 0.25) is 0 Å². The summed E-state index contributed by atoms with van der Waals surface area (Å²) < 4.78 is 5.09. The number of hydrogen-bond acceptors (Lipinski definition) is 8. The molecule has 0 aliphatic carbocycles. The van der Waals surface area contributed by atoms with Crippen LogP contribution in [0.4, 0.5) is 0 Å². The minimum absolute atomic E-state index is 0.125. The van der Waals surface area contributed by atoms with Gasteiger partial charge in [0.25, 0.3) is 10.2 Å². The first-order valence-corrected chi connectivity index (χ1v) is 6.45. The van der Waals surface area contributed by atoms with Crippen LogP contribution in [0.3, 0.4) is 0 Å². The summed E-state index contributed by atoms with van der Waals surface area (Å²) in [6.07, 6.45) is -2.99. The fourth-order valence-electron chi connectivity index (χ4n) is 1.35. The molecule has 0 saturated heterocycles. The van der Waals surface area contributed by atoms with Gasteiger partial charge in [-0.3, -0.25) is 4.79 Å². The zero-order chi connectivity index (χ0) is 16.6. The molecule has 122 valence electrons. The van der Waals surface area contributed by atoms with Crippen molar-refractivity contribution in [2.24, 2.45) is 5.92 Å². The van der Waals surface area contributed by atoms with E-state index in [4.69, 9.17) is 4.74 Å². The Hall–Kier alpha value is -2.13. The van der Waals surface area contributed by atoms with Crippen LogP contribution < -0.4 is 0 Å². The van der Waals surface area contributed by atoms with E-state index in [0.29, 0.717) is 0 Å². The van der Waals surface area contributed by atoms with Gasteiger partial charge in [-0.05, 0) is 26.2 Å². The van der Waals surface area contributed by atoms with Crippen LogP contribution in [0.15, 0.2) is 0 Å². The van der Waals surface area contributed by atoms with Gasteiger partial charge in [0.15, 0.2) is 0 Å². The number of rotatable bonds is 10. The molecule has 0 aliphatic heterocycles. The highest BCUT2D eigenvalue weighted by Crippen LogP contribution is 2.13. The molecule has 10 heteroatoms. The van der Waals surface area contributed by atoms with Crippen LogP contribution in [0.1, 0.15) is 40.5 Å². The van der Waals surface area contributed by atoms with Gasteiger partial charge in [0.1, 0.15) is 18.3 Å². The number of esters is 1. The van der Waals surface area contributed by atoms with E-state index >= 15 is 0 Å². The molecule has 1 unspecified atom stereocenters. The molecule has 0 aromatic carbocycles. The lowest BCUT2D eigenvalue weighted by molar-refractivity contribution is -0.798. The molecule has 21 heavy (non-hydrogen) atoms. The second-order valence-corrected chi connectivity index (χ2v) is 4.88. The Balaban J connectivity index is 4.44. The van der Waals surface area contributed by atoms with Gasteiger partial charge < -0.3 is 14.4 Å². The lowest BCUT2D eigenvalue weighted by atomic mass is 10.1. The van der Waals surface area contributed by atoms with Gasteiger partial charge in [0.05, 0.1) is 0 Å². The summed E-state index contributed by atoms with van der Waals surface area (Å²) in [7, 11) is 0. The average molecular weight is 308 g/mol. The summed E-state index contributed by atoms with van der Waals surface area (Å²) in [6, 6.07) is 0. The fraction of sp³-hybridized carbons (Fsp3) is 0.909. The van der Waals surface area contributed by atoms with Crippen LogP contribution in [-0.2, 0) is 19.2 Å². The topological polar surface area (TPSA) is 131 Å². The Labute approximate surface area is 121 Å². The smallest absolute Gasteiger partial charge is 0.306 e. The summed E-state index contributed by atoms with van der Waals surface area (Å²) in [6.45, 7) is 6.73. The molecule has 0 aliphatic rings. The zero-order valence-electron chi connectivity index (χ0n) is 12.4. The SMILES string of the molecule is CC(C)C(C)OC(=O)CC[C@H](O[N+](=O)[O-])[C@H](C)O[N+](=O)[O-]. The van der Waals surface area contributed by atoms with E-state index in [1.54, 1.807) is 6.92 Å². The van der Waals surface area contributed by atoms with Crippen LogP contribution >= 0.6 is 0 Å². The van der Waals surface area contributed by atoms with E-state index < -0.39 is 28.4 Å². The number of ether oxygens (including phenoxy) is 1. The number of nitrogens with zero attached hydrogens (tertiary/aromatic N) is 2. The first kappa shape index (κ1) is 18.9. The molecular weight excluding hydrogens is 288 g/mol. The van der Waals surface area contributed by atoms with Crippen molar-refractivity contribution in [3.63, 3.8) is 0 Å². The summed E-state index contributed by atoms with van der Waals surface area (Å²) in [5.74, 6) is -0.419. The molecule has 3 atom stereocenters. The summed E-state index contributed by atoms with van der Waals surface area (Å²) in [5, 5.41) is 18.4. The third-order valence-electron chi connectivity index (χ3n) is 2.89. The number of carbonyl (C=O) groups is 1. The first-order valence-electron chi connectivity index (χ1n) is 6.45.